The summed E-state index contributed by atoms with van der Waals surface area (Å²) in [5.74, 6) is 0.549. The number of nitrogens with two attached hydrogens (primary N) is 1. The van der Waals surface area contributed by atoms with E-state index in [1.807, 2.05) is 6.26 Å². The molecule has 1 aromatic rings. The van der Waals surface area contributed by atoms with Crippen molar-refractivity contribution in [2.75, 3.05) is 23.9 Å². The molecule has 0 radical (unpaired) electrons. The fourth-order valence-corrected chi connectivity index (χ4v) is 1.18. The Kier molecular flexibility index (Phi) is 4.21. The lowest BCUT2D eigenvalue weighted by Gasteiger charge is -2.09. The van der Waals surface area contributed by atoms with Crippen LogP contribution in [0.4, 0.5) is 11.9 Å². The first kappa shape index (κ1) is 11.3. The summed E-state index contributed by atoms with van der Waals surface area (Å²) in [5.41, 5.74) is 5.41. The molecule has 1 unspecified atom stereocenters. The molecule has 1 aromatic heterocycles. The van der Waals surface area contributed by atoms with Crippen molar-refractivity contribution >= 4 is 35.3 Å². The van der Waals surface area contributed by atoms with E-state index >= 15 is 0 Å². The van der Waals surface area contributed by atoms with E-state index in [4.69, 9.17) is 17.3 Å². The van der Waals surface area contributed by atoms with Gasteiger partial charge >= 0.3 is 0 Å². The molecular weight excluding hydrogens is 222 g/mol. The van der Waals surface area contributed by atoms with Crippen LogP contribution < -0.4 is 11.1 Å². The van der Waals surface area contributed by atoms with Crippen LogP contribution in [-0.2, 0) is 0 Å². The highest BCUT2D eigenvalue weighted by Crippen LogP contribution is 2.09. The van der Waals surface area contributed by atoms with Crippen LogP contribution >= 0.6 is 23.4 Å². The van der Waals surface area contributed by atoms with Crippen molar-refractivity contribution in [2.24, 2.45) is 0 Å². The summed E-state index contributed by atoms with van der Waals surface area (Å²) in [6.45, 7) is 2.87. The van der Waals surface area contributed by atoms with Crippen molar-refractivity contribution in [2.45, 2.75) is 12.2 Å². The first-order valence-electron chi connectivity index (χ1n) is 4.05. The van der Waals surface area contributed by atoms with Crippen molar-refractivity contribution in [1.29, 1.82) is 0 Å². The Hall–Kier alpha value is -0.750. The van der Waals surface area contributed by atoms with Crippen molar-refractivity contribution in [1.82, 2.24) is 15.0 Å². The molecule has 5 nitrogen and oxygen atoms in total. The summed E-state index contributed by atoms with van der Waals surface area (Å²) in [5, 5.41) is 3.62. The van der Waals surface area contributed by atoms with Crippen LogP contribution in [-0.4, -0.2) is 33.0 Å². The zero-order valence-electron chi connectivity index (χ0n) is 7.99. The van der Waals surface area contributed by atoms with E-state index in [-0.39, 0.29) is 11.2 Å². The second-order valence-corrected chi connectivity index (χ2v) is 4.33. The molecule has 78 valence electrons. The van der Waals surface area contributed by atoms with Crippen LogP contribution in [0.3, 0.4) is 0 Å². The molecule has 1 rings (SSSR count). The predicted octanol–water partition coefficient (Wildman–Crippen LogP) is 1.27. The van der Waals surface area contributed by atoms with Gasteiger partial charge in [-0.2, -0.15) is 26.7 Å². The molecule has 14 heavy (non-hydrogen) atoms. The molecule has 1 atom stereocenters. The zero-order valence-corrected chi connectivity index (χ0v) is 9.56. The Morgan fingerprint density at radius 3 is 2.79 bits per heavy atom. The molecular formula is C7H12ClN5S. The summed E-state index contributed by atoms with van der Waals surface area (Å²) in [6, 6.07) is 0. The van der Waals surface area contributed by atoms with Gasteiger partial charge < -0.3 is 11.1 Å². The number of nitrogens with zero attached hydrogens (tertiary/aromatic N) is 3. The number of thioether (sulfide) groups is 1. The van der Waals surface area contributed by atoms with E-state index in [9.17, 15) is 0 Å². The van der Waals surface area contributed by atoms with Gasteiger partial charge in [0.2, 0.25) is 17.2 Å². The summed E-state index contributed by atoms with van der Waals surface area (Å²) < 4.78 is 0. The smallest absolute Gasteiger partial charge is 0.228 e. The molecule has 0 bridgehead atoms. The molecule has 0 spiro atoms. The molecule has 7 heteroatoms. The number of hydrogen-bond donors (Lipinski definition) is 2. The van der Waals surface area contributed by atoms with Crippen LogP contribution in [0.2, 0.25) is 5.28 Å². The number of anilines is 2. The molecule has 0 fully saturated rings. The average Bonchev–Trinajstić information content (AvgIpc) is 2.12. The van der Waals surface area contributed by atoms with Gasteiger partial charge in [-0.25, -0.2) is 0 Å². The second kappa shape index (κ2) is 5.21. The summed E-state index contributed by atoms with van der Waals surface area (Å²) in [7, 11) is 0. The number of rotatable bonds is 4. The Morgan fingerprint density at radius 1 is 1.50 bits per heavy atom. The monoisotopic (exact) mass is 233 g/mol. The highest BCUT2D eigenvalue weighted by molar-refractivity contribution is 7.99. The van der Waals surface area contributed by atoms with Gasteiger partial charge in [0.15, 0.2) is 0 Å². The van der Waals surface area contributed by atoms with E-state index in [2.05, 4.69) is 27.2 Å². The summed E-state index contributed by atoms with van der Waals surface area (Å²) >= 11 is 7.37. The first-order chi connectivity index (χ1) is 6.61. The van der Waals surface area contributed by atoms with Gasteiger partial charge in [-0.1, -0.05) is 6.92 Å². The average molecular weight is 234 g/mol. The minimum absolute atomic E-state index is 0.108. The van der Waals surface area contributed by atoms with Crippen LogP contribution in [0, 0.1) is 0 Å². The summed E-state index contributed by atoms with van der Waals surface area (Å²) in [4.78, 5) is 11.4. The van der Waals surface area contributed by atoms with Gasteiger partial charge in [0.05, 0.1) is 0 Å². The Balaban J connectivity index is 2.58. The Labute approximate surface area is 91.9 Å². The molecule has 0 aliphatic carbocycles. The Bertz CT molecular complexity index is 288. The number of nitrogens with one attached hydrogen (secondary N) is 1. The largest absolute Gasteiger partial charge is 0.368 e. The molecule has 0 aromatic carbocycles. The molecule has 3 N–H and O–H groups in total. The lowest BCUT2D eigenvalue weighted by molar-refractivity contribution is 0.958. The fraction of sp³-hybridized carbons (Fsp3) is 0.571. The molecule has 0 aliphatic heterocycles. The second-order valence-electron chi connectivity index (χ2n) is 2.71. The maximum absolute atomic E-state index is 5.61. The van der Waals surface area contributed by atoms with Crippen LogP contribution in [0.1, 0.15) is 6.92 Å². The zero-order chi connectivity index (χ0) is 10.6. The van der Waals surface area contributed by atoms with Crippen molar-refractivity contribution in [3.63, 3.8) is 0 Å². The molecule has 1 heterocycles. The molecule has 0 saturated carbocycles. The number of nitrogen functional groups attached to an aromatic ring is 1. The first-order valence-corrected chi connectivity index (χ1v) is 5.72. The fourth-order valence-electron chi connectivity index (χ4n) is 0.763. The van der Waals surface area contributed by atoms with Gasteiger partial charge in [-0.05, 0) is 17.9 Å². The van der Waals surface area contributed by atoms with Gasteiger partial charge in [0.25, 0.3) is 0 Å². The predicted molar refractivity (Wildman–Crippen MR) is 60.7 cm³/mol. The van der Waals surface area contributed by atoms with Crippen LogP contribution in [0.15, 0.2) is 0 Å². The van der Waals surface area contributed by atoms with E-state index in [0.29, 0.717) is 11.2 Å². The molecule has 0 saturated heterocycles. The van der Waals surface area contributed by atoms with Gasteiger partial charge in [-0.3, -0.25) is 0 Å². The third kappa shape index (κ3) is 3.55. The maximum atomic E-state index is 5.61. The highest BCUT2D eigenvalue weighted by Gasteiger charge is 2.03. The minimum Gasteiger partial charge on any atom is -0.368 e. The van der Waals surface area contributed by atoms with E-state index in [1.165, 1.54) is 0 Å². The quantitative estimate of drug-likeness (QED) is 0.816. The van der Waals surface area contributed by atoms with E-state index in [1.54, 1.807) is 11.8 Å². The summed E-state index contributed by atoms with van der Waals surface area (Å²) in [6.07, 6.45) is 2.04. The van der Waals surface area contributed by atoms with E-state index in [0.717, 1.165) is 6.54 Å². The SMILES string of the molecule is CSC(C)CNc1nc(N)nc(Cl)n1. The van der Waals surface area contributed by atoms with Crippen molar-refractivity contribution in [3.05, 3.63) is 5.28 Å². The normalized spacial score (nSPS) is 12.5. The van der Waals surface area contributed by atoms with Crippen molar-refractivity contribution in [3.8, 4) is 0 Å². The minimum atomic E-state index is 0.108. The van der Waals surface area contributed by atoms with Gasteiger partial charge in [0, 0.05) is 11.8 Å². The number of hydrogen-bond acceptors (Lipinski definition) is 6. The third-order valence-corrected chi connectivity index (χ3v) is 2.72. The molecule has 0 aliphatic rings. The Morgan fingerprint density at radius 2 is 2.21 bits per heavy atom. The topological polar surface area (TPSA) is 76.7 Å². The number of aromatic nitrogens is 3. The standard InChI is InChI=1S/C7H12ClN5S/c1-4(14-2)3-10-7-12-5(8)11-6(9)13-7/h4H,3H2,1-2H3,(H3,9,10,11,12,13). The van der Waals surface area contributed by atoms with Crippen LogP contribution in [0.25, 0.3) is 0 Å². The lowest BCUT2D eigenvalue weighted by atomic mass is 10.5. The maximum Gasteiger partial charge on any atom is 0.228 e. The number of halogens is 1. The highest BCUT2D eigenvalue weighted by atomic mass is 35.5. The van der Waals surface area contributed by atoms with E-state index < -0.39 is 0 Å². The van der Waals surface area contributed by atoms with Crippen LogP contribution in [0.5, 0.6) is 0 Å². The van der Waals surface area contributed by atoms with Gasteiger partial charge in [0.1, 0.15) is 0 Å². The van der Waals surface area contributed by atoms with Crippen molar-refractivity contribution < 1.29 is 0 Å². The molecule has 0 amide bonds. The lowest BCUT2D eigenvalue weighted by Crippen LogP contribution is -2.15. The van der Waals surface area contributed by atoms with Gasteiger partial charge in [-0.15, -0.1) is 0 Å². The third-order valence-electron chi connectivity index (χ3n) is 1.58.